The summed E-state index contributed by atoms with van der Waals surface area (Å²) in [4.78, 5) is 5.62. The zero-order valence-corrected chi connectivity index (χ0v) is 8.59. The molecule has 0 aromatic carbocycles. The van der Waals surface area contributed by atoms with Gasteiger partial charge in [-0.1, -0.05) is 13.8 Å². The summed E-state index contributed by atoms with van der Waals surface area (Å²) in [5, 5.41) is 1.19. The van der Waals surface area contributed by atoms with Gasteiger partial charge in [0.1, 0.15) is 0 Å². The molecule has 1 rings (SSSR count). The van der Waals surface area contributed by atoms with E-state index in [1.807, 2.05) is 6.92 Å². The van der Waals surface area contributed by atoms with Crippen molar-refractivity contribution in [2.75, 3.05) is 0 Å². The number of halogens is 1. The third-order valence-electron chi connectivity index (χ3n) is 1.52. The Morgan fingerprint density at radius 3 is 2.45 bits per heavy atom. The van der Waals surface area contributed by atoms with E-state index in [0.717, 1.165) is 5.69 Å². The van der Waals surface area contributed by atoms with Gasteiger partial charge in [-0.3, -0.25) is 0 Å². The highest BCUT2D eigenvalue weighted by Crippen LogP contribution is 2.25. The van der Waals surface area contributed by atoms with E-state index in [4.69, 9.17) is 11.6 Å². The van der Waals surface area contributed by atoms with Crippen LogP contribution in [0.5, 0.6) is 0 Å². The fourth-order valence-electron chi connectivity index (χ4n) is 0.821. The molecule has 0 aliphatic heterocycles. The SMILES string of the molecule is Cc1nc(C(C)C)sc1CCl. The van der Waals surface area contributed by atoms with Crippen LogP contribution in [-0.4, -0.2) is 4.98 Å². The largest absolute Gasteiger partial charge is 0.246 e. The van der Waals surface area contributed by atoms with Gasteiger partial charge < -0.3 is 0 Å². The van der Waals surface area contributed by atoms with Gasteiger partial charge in [0.05, 0.1) is 16.6 Å². The molecule has 1 heterocycles. The van der Waals surface area contributed by atoms with Crippen molar-refractivity contribution in [2.45, 2.75) is 32.6 Å². The number of hydrogen-bond donors (Lipinski definition) is 0. The average Bonchev–Trinajstić information content (AvgIpc) is 2.31. The molecule has 0 bridgehead atoms. The van der Waals surface area contributed by atoms with Crippen molar-refractivity contribution in [3.05, 3.63) is 15.6 Å². The summed E-state index contributed by atoms with van der Waals surface area (Å²) in [5.74, 6) is 1.12. The highest BCUT2D eigenvalue weighted by Gasteiger charge is 2.08. The molecule has 1 aromatic heterocycles. The first kappa shape index (κ1) is 9.01. The zero-order valence-electron chi connectivity index (χ0n) is 7.02. The Morgan fingerprint density at radius 2 is 2.18 bits per heavy atom. The molecule has 0 aliphatic rings. The van der Waals surface area contributed by atoms with Gasteiger partial charge in [0.25, 0.3) is 0 Å². The van der Waals surface area contributed by atoms with Crippen molar-refractivity contribution in [3.63, 3.8) is 0 Å². The first-order valence-corrected chi connectivity index (χ1v) is 5.02. The molecule has 3 heteroatoms. The van der Waals surface area contributed by atoms with Gasteiger partial charge in [-0.2, -0.15) is 0 Å². The van der Waals surface area contributed by atoms with Crippen LogP contribution in [0.2, 0.25) is 0 Å². The highest BCUT2D eigenvalue weighted by atomic mass is 35.5. The summed E-state index contributed by atoms with van der Waals surface area (Å²) in [6.07, 6.45) is 0. The molecule has 0 atom stereocenters. The second-order valence-electron chi connectivity index (χ2n) is 2.85. The Hall–Kier alpha value is -0.0800. The van der Waals surface area contributed by atoms with Gasteiger partial charge in [0.15, 0.2) is 0 Å². The van der Waals surface area contributed by atoms with E-state index >= 15 is 0 Å². The highest BCUT2D eigenvalue weighted by molar-refractivity contribution is 7.12. The van der Waals surface area contributed by atoms with Crippen LogP contribution in [0, 0.1) is 6.92 Å². The van der Waals surface area contributed by atoms with E-state index in [9.17, 15) is 0 Å². The molecule has 0 spiro atoms. The van der Waals surface area contributed by atoms with Crippen LogP contribution in [0.15, 0.2) is 0 Å². The normalized spacial score (nSPS) is 11.0. The maximum Gasteiger partial charge on any atom is 0.0956 e. The minimum atomic E-state index is 0.524. The van der Waals surface area contributed by atoms with Crippen molar-refractivity contribution in [2.24, 2.45) is 0 Å². The second-order valence-corrected chi connectivity index (χ2v) is 4.23. The lowest BCUT2D eigenvalue weighted by atomic mass is 10.2. The molecule has 1 nitrogen and oxygen atoms in total. The fourth-order valence-corrected chi connectivity index (χ4v) is 2.10. The summed E-state index contributed by atoms with van der Waals surface area (Å²) in [5.41, 5.74) is 1.09. The van der Waals surface area contributed by atoms with E-state index in [1.165, 1.54) is 9.88 Å². The molecule has 0 N–H and O–H groups in total. The molecular weight excluding hydrogens is 178 g/mol. The Morgan fingerprint density at radius 1 is 1.55 bits per heavy atom. The lowest BCUT2D eigenvalue weighted by molar-refractivity contribution is 0.847. The Kier molecular flexibility index (Phi) is 2.90. The van der Waals surface area contributed by atoms with Gasteiger partial charge in [-0.05, 0) is 6.92 Å². The molecule has 0 fully saturated rings. The van der Waals surface area contributed by atoms with Crippen LogP contribution < -0.4 is 0 Å². The predicted octanol–water partition coefficient (Wildman–Crippen LogP) is 3.31. The summed E-state index contributed by atoms with van der Waals surface area (Å²) >= 11 is 7.45. The molecule has 0 radical (unpaired) electrons. The number of nitrogens with zero attached hydrogens (tertiary/aromatic N) is 1. The Bertz CT molecular complexity index is 242. The summed E-state index contributed by atoms with van der Waals surface area (Å²) in [6, 6.07) is 0. The van der Waals surface area contributed by atoms with Crippen LogP contribution in [-0.2, 0) is 5.88 Å². The summed E-state index contributed by atoms with van der Waals surface area (Å²) in [7, 11) is 0. The topological polar surface area (TPSA) is 12.9 Å². The third-order valence-corrected chi connectivity index (χ3v) is 3.41. The van der Waals surface area contributed by atoms with Gasteiger partial charge in [0, 0.05) is 10.8 Å². The van der Waals surface area contributed by atoms with E-state index < -0.39 is 0 Å². The Labute approximate surface area is 76.4 Å². The first-order valence-electron chi connectivity index (χ1n) is 3.67. The van der Waals surface area contributed by atoms with Crippen LogP contribution >= 0.6 is 22.9 Å². The van der Waals surface area contributed by atoms with Gasteiger partial charge in [-0.15, -0.1) is 22.9 Å². The number of hydrogen-bond acceptors (Lipinski definition) is 2. The molecule has 0 saturated carbocycles. The van der Waals surface area contributed by atoms with Gasteiger partial charge in [0.2, 0.25) is 0 Å². The average molecular weight is 190 g/mol. The lowest BCUT2D eigenvalue weighted by Crippen LogP contribution is -1.84. The zero-order chi connectivity index (χ0) is 8.43. The minimum Gasteiger partial charge on any atom is -0.246 e. The maximum absolute atomic E-state index is 5.72. The number of thiazole rings is 1. The number of aromatic nitrogens is 1. The lowest BCUT2D eigenvalue weighted by Gasteiger charge is -1.94. The maximum atomic E-state index is 5.72. The van der Waals surface area contributed by atoms with Gasteiger partial charge >= 0.3 is 0 Å². The second kappa shape index (κ2) is 3.55. The van der Waals surface area contributed by atoms with Gasteiger partial charge in [-0.25, -0.2) is 4.98 Å². The molecule has 62 valence electrons. The van der Waals surface area contributed by atoms with Crippen molar-refractivity contribution in [1.82, 2.24) is 4.98 Å². The third kappa shape index (κ3) is 1.94. The molecule has 0 aliphatic carbocycles. The predicted molar refractivity (Wildman–Crippen MR) is 50.5 cm³/mol. The molecule has 0 saturated heterocycles. The minimum absolute atomic E-state index is 0.524. The molecule has 0 amide bonds. The van der Waals surface area contributed by atoms with Crippen molar-refractivity contribution in [1.29, 1.82) is 0 Å². The first-order chi connectivity index (χ1) is 5.15. The summed E-state index contributed by atoms with van der Waals surface area (Å²) in [6.45, 7) is 6.31. The molecular formula is C8H12ClNS. The van der Waals surface area contributed by atoms with E-state index in [2.05, 4.69) is 18.8 Å². The van der Waals surface area contributed by atoms with Crippen LogP contribution in [0.3, 0.4) is 0 Å². The van der Waals surface area contributed by atoms with Crippen LogP contribution in [0.4, 0.5) is 0 Å². The van der Waals surface area contributed by atoms with E-state index in [0.29, 0.717) is 11.8 Å². The molecule has 1 aromatic rings. The summed E-state index contributed by atoms with van der Waals surface area (Å²) < 4.78 is 0. The number of alkyl halides is 1. The quantitative estimate of drug-likeness (QED) is 0.651. The molecule has 11 heavy (non-hydrogen) atoms. The molecule has 0 unspecified atom stereocenters. The van der Waals surface area contributed by atoms with Crippen molar-refractivity contribution < 1.29 is 0 Å². The number of aryl methyl sites for hydroxylation is 1. The number of rotatable bonds is 2. The Balaban J connectivity index is 2.95. The van der Waals surface area contributed by atoms with E-state index in [-0.39, 0.29) is 0 Å². The van der Waals surface area contributed by atoms with Crippen LogP contribution in [0.25, 0.3) is 0 Å². The monoisotopic (exact) mass is 189 g/mol. The standard InChI is InChI=1S/C8H12ClNS/c1-5(2)8-10-6(3)7(4-9)11-8/h5H,4H2,1-3H3. The van der Waals surface area contributed by atoms with Crippen LogP contribution in [0.1, 0.15) is 35.3 Å². The fraction of sp³-hybridized carbons (Fsp3) is 0.625. The van der Waals surface area contributed by atoms with E-state index in [1.54, 1.807) is 11.3 Å². The smallest absolute Gasteiger partial charge is 0.0956 e. The van der Waals surface area contributed by atoms with Crippen molar-refractivity contribution >= 4 is 22.9 Å². The van der Waals surface area contributed by atoms with Crippen molar-refractivity contribution in [3.8, 4) is 0 Å².